The van der Waals surface area contributed by atoms with Crippen LogP contribution in [0.25, 0.3) is 5.69 Å². The summed E-state index contributed by atoms with van der Waals surface area (Å²) < 4.78 is 1.69. The second kappa shape index (κ2) is 8.16. The Labute approximate surface area is 173 Å². The number of piperidine rings is 1. The Hall–Kier alpha value is -3.00. The maximum atomic E-state index is 12.8. The first-order valence-electron chi connectivity index (χ1n) is 9.65. The largest absolute Gasteiger partial charge is 0.365 e. The highest BCUT2D eigenvalue weighted by Crippen LogP contribution is 2.29. The van der Waals surface area contributed by atoms with Crippen molar-refractivity contribution in [3.63, 3.8) is 0 Å². The number of aromatic nitrogens is 3. The zero-order valence-corrected chi connectivity index (χ0v) is 17.1. The number of para-hydroxylation sites is 1. The van der Waals surface area contributed by atoms with E-state index in [9.17, 15) is 9.59 Å². The molecule has 1 fully saturated rings. The monoisotopic (exact) mass is 409 g/mol. The molecule has 1 aliphatic heterocycles. The topological polar surface area (TPSA) is 94.1 Å². The summed E-state index contributed by atoms with van der Waals surface area (Å²) in [5.41, 5.74) is 8.40. The molecule has 0 saturated carbocycles. The lowest BCUT2D eigenvalue weighted by Crippen LogP contribution is -2.40. The van der Waals surface area contributed by atoms with Crippen molar-refractivity contribution in [3.8, 4) is 5.69 Å². The van der Waals surface area contributed by atoms with Crippen molar-refractivity contribution < 1.29 is 9.59 Å². The Kier molecular flexibility index (Phi) is 5.44. The minimum Gasteiger partial charge on any atom is -0.365 e. The third-order valence-electron chi connectivity index (χ3n) is 5.19. The van der Waals surface area contributed by atoms with E-state index in [1.165, 1.54) is 0 Å². The van der Waals surface area contributed by atoms with E-state index in [0.29, 0.717) is 30.8 Å². The molecular weight excluding hydrogens is 386 g/mol. The van der Waals surface area contributed by atoms with Crippen molar-refractivity contribution in [1.82, 2.24) is 19.7 Å². The van der Waals surface area contributed by atoms with Crippen molar-refractivity contribution in [3.05, 3.63) is 63.9 Å². The number of amides is 2. The maximum Gasteiger partial charge on any atom is 0.252 e. The fourth-order valence-electron chi connectivity index (χ4n) is 3.77. The summed E-state index contributed by atoms with van der Waals surface area (Å²) in [6, 6.07) is 9.61. The molecule has 4 rings (SSSR count). The lowest BCUT2D eigenvalue weighted by molar-refractivity contribution is -0.131. The molecule has 1 aliphatic rings. The number of rotatable bonds is 5. The van der Waals surface area contributed by atoms with Crippen LogP contribution in [0.2, 0.25) is 0 Å². The fraction of sp³-hybridized carbons (Fsp3) is 0.333. The van der Waals surface area contributed by atoms with E-state index in [1.807, 2.05) is 47.5 Å². The average molecular weight is 410 g/mol. The van der Waals surface area contributed by atoms with Crippen LogP contribution in [0.3, 0.4) is 0 Å². The molecule has 29 heavy (non-hydrogen) atoms. The third kappa shape index (κ3) is 4.22. The molecule has 0 radical (unpaired) electrons. The highest BCUT2D eigenvalue weighted by atomic mass is 32.1. The molecule has 3 aromatic rings. The van der Waals surface area contributed by atoms with Crippen LogP contribution in [-0.2, 0) is 11.2 Å². The Morgan fingerprint density at radius 3 is 2.76 bits per heavy atom. The smallest absolute Gasteiger partial charge is 0.252 e. The first-order chi connectivity index (χ1) is 14.0. The van der Waals surface area contributed by atoms with Crippen molar-refractivity contribution >= 4 is 23.2 Å². The highest BCUT2D eigenvalue weighted by Gasteiger charge is 2.30. The Balaban J connectivity index is 1.55. The first-order valence-corrected chi connectivity index (χ1v) is 10.5. The van der Waals surface area contributed by atoms with Gasteiger partial charge in [-0.1, -0.05) is 18.2 Å². The number of aryl methyl sites for hydroxylation is 1. The second-order valence-electron chi connectivity index (χ2n) is 7.29. The van der Waals surface area contributed by atoms with Crippen LogP contribution < -0.4 is 5.73 Å². The van der Waals surface area contributed by atoms with Crippen molar-refractivity contribution in [2.45, 2.75) is 32.1 Å². The van der Waals surface area contributed by atoms with E-state index in [0.717, 1.165) is 29.2 Å². The van der Waals surface area contributed by atoms with Gasteiger partial charge in [-0.05, 0) is 31.9 Å². The normalized spacial score (nSPS) is 16.7. The van der Waals surface area contributed by atoms with E-state index in [4.69, 9.17) is 5.73 Å². The van der Waals surface area contributed by atoms with E-state index in [1.54, 1.807) is 22.2 Å². The van der Waals surface area contributed by atoms with Crippen LogP contribution in [0.5, 0.6) is 0 Å². The van der Waals surface area contributed by atoms with Gasteiger partial charge in [0.25, 0.3) is 5.91 Å². The van der Waals surface area contributed by atoms with Crippen LogP contribution in [-0.4, -0.2) is 44.6 Å². The Morgan fingerprint density at radius 2 is 2.07 bits per heavy atom. The van der Waals surface area contributed by atoms with Crippen molar-refractivity contribution in [2.24, 2.45) is 5.73 Å². The molecule has 1 atom stereocenters. The SMILES string of the molecule is Cc1nc(CC(=O)N2CCCC(c3nn(-c4ccccc4)cc3C(N)=O)C2)cs1. The van der Waals surface area contributed by atoms with Gasteiger partial charge in [0.05, 0.1) is 34.1 Å². The number of carbonyl (C=O) groups is 2. The molecule has 0 aliphatic carbocycles. The standard InChI is InChI=1S/C21H23N5O2S/c1-14-23-16(13-29-14)10-19(27)25-9-5-6-15(11-25)20-18(21(22)28)12-26(24-20)17-7-3-2-4-8-17/h2-4,7-8,12-13,15H,5-6,9-11H2,1H3,(H2,22,28). The molecule has 7 nitrogen and oxygen atoms in total. The van der Waals surface area contributed by atoms with Crippen molar-refractivity contribution in [1.29, 1.82) is 0 Å². The molecule has 2 N–H and O–H groups in total. The molecule has 2 amide bonds. The van der Waals surface area contributed by atoms with Crippen LogP contribution in [0.1, 0.15) is 45.5 Å². The number of hydrogen-bond acceptors (Lipinski definition) is 5. The van der Waals surface area contributed by atoms with Gasteiger partial charge in [0.15, 0.2) is 0 Å². The molecule has 1 saturated heterocycles. The highest BCUT2D eigenvalue weighted by molar-refractivity contribution is 7.09. The summed E-state index contributed by atoms with van der Waals surface area (Å²) in [4.78, 5) is 31.1. The summed E-state index contributed by atoms with van der Waals surface area (Å²) >= 11 is 1.55. The van der Waals surface area contributed by atoms with Gasteiger partial charge < -0.3 is 10.6 Å². The van der Waals surface area contributed by atoms with Gasteiger partial charge in [-0.3, -0.25) is 9.59 Å². The van der Waals surface area contributed by atoms with E-state index < -0.39 is 5.91 Å². The summed E-state index contributed by atoms with van der Waals surface area (Å²) in [7, 11) is 0. The molecule has 8 heteroatoms. The molecule has 3 heterocycles. The Bertz CT molecular complexity index is 1030. The first kappa shape index (κ1) is 19.3. The molecular formula is C21H23N5O2S. The summed E-state index contributed by atoms with van der Waals surface area (Å²) in [6.07, 6.45) is 3.72. The molecule has 150 valence electrons. The second-order valence-corrected chi connectivity index (χ2v) is 8.35. The third-order valence-corrected chi connectivity index (χ3v) is 6.01. The molecule has 1 unspecified atom stereocenters. The number of likely N-dealkylation sites (tertiary alicyclic amines) is 1. The van der Waals surface area contributed by atoms with Crippen LogP contribution in [0.4, 0.5) is 0 Å². The van der Waals surface area contributed by atoms with Gasteiger partial charge in [-0.15, -0.1) is 11.3 Å². The molecule has 0 bridgehead atoms. The number of nitrogens with zero attached hydrogens (tertiary/aromatic N) is 4. The molecule has 2 aromatic heterocycles. The quantitative estimate of drug-likeness (QED) is 0.701. The predicted octanol–water partition coefficient (Wildman–Crippen LogP) is 2.68. The lowest BCUT2D eigenvalue weighted by Gasteiger charge is -2.32. The number of benzene rings is 1. The zero-order chi connectivity index (χ0) is 20.4. The Morgan fingerprint density at radius 1 is 1.28 bits per heavy atom. The number of thiazole rings is 1. The van der Waals surface area contributed by atoms with Crippen LogP contribution in [0.15, 0.2) is 41.9 Å². The fourth-order valence-corrected chi connectivity index (χ4v) is 4.39. The minimum atomic E-state index is -0.497. The molecule has 1 aromatic carbocycles. The zero-order valence-electron chi connectivity index (χ0n) is 16.2. The van der Waals surface area contributed by atoms with E-state index in [2.05, 4.69) is 10.1 Å². The minimum absolute atomic E-state index is 0.0164. The van der Waals surface area contributed by atoms with Gasteiger partial charge in [0, 0.05) is 30.6 Å². The van der Waals surface area contributed by atoms with Gasteiger partial charge in [0.2, 0.25) is 5.91 Å². The van der Waals surface area contributed by atoms with Crippen molar-refractivity contribution in [2.75, 3.05) is 13.1 Å². The van der Waals surface area contributed by atoms with E-state index in [-0.39, 0.29) is 11.8 Å². The van der Waals surface area contributed by atoms with Gasteiger partial charge in [-0.2, -0.15) is 5.10 Å². The van der Waals surface area contributed by atoms with Gasteiger partial charge >= 0.3 is 0 Å². The molecule has 0 spiro atoms. The summed E-state index contributed by atoms with van der Waals surface area (Å²) in [5.74, 6) is -0.455. The predicted molar refractivity (Wildman–Crippen MR) is 111 cm³/mol. The van der Waals surface area contributed by atoms with Crippen LogP contribution >= 0.6 is 11.3 Å². The number of hydrogen-bond donors (Lipinski definition) is 1. The van der Waals surface area contributed by atoms with Gasteiger partial charge in [-0.25, -0.2) is 9.67 Å². The summed E-state index contributed by atoms with van der Waals surface area (Å²) in [6.45, 7) is 3.18. The average Bonchev–Trinajstić information content (AvgIpc) is 3.35. The number of nitrogens with two attached hydrogens (primary N) is 1. The number of carbonyl (C=O) groups excluding carboxylic acids is 2. The summed E-state index contributed by atoms with van der Waals surface area (Å²) in [5, 5.41) is 7.57. The van der Waals surface area contributed by atoms with Gasteiger partial charge in [0.1, 0.15) is 0 Å². The van der Waals surface area contributed by atoms with Crippen LogP contribution in [0, 0.1) is 6.92 Å². The number of primary amides is 1. The maximum absolute atomic E-state index is 12.8. The lowest BCUT2D eigenvalue weighted by atomic mass is 9.92. The van der Waals surface area contributed by atoms with E-state index >= 15 is 0 Å².